The third-order valence-corrected chi connectivity index (χ3v) is 2.34. The maximum Gasteiger partial charge on any atom is 0.143 e. The van der Waals surface area contributed by atoms with Crippen LogP contribution in [0.4, 0.5) is 10.1 Å². The van der Waals surface area contributed by atoms with Crippen molar-refractivity contribution in [2.24, 2.45) is 0 Å². The van der Waals surface area contributed by atoms with Gasteiger partial charge < -0.3 is 5.32 Å². The van der Waals surface area contributed by atoms with Gasteiger partial charge >= 0.3 is 0 Å². The van der Waals surface area contributed by atoms with Crippen LogP contribution in [0, 0.1) is 5.82 Å². The van der Waals surface area contributed by atoms with Crippen molar-refractivity contribution in [1.29, 1.82) is 0 Å². The van der Waals surface area contributed by atoms with Gasteiger partial charge in [0.2, 0.25) is 0 Å². The number of rotatable bonds is 3. The minimum atomic E-state index is -0.434. The molecule has 1 heterocycles. The van der Waals surface area contributed by atoms with E-state index in [2.05, 4.69) is 15.3 Å². The highest BCUT2D eigenvalue weighted by Crippen LogP contribution is 2.18. The van der Waals surface area contributed by atoms with Crippen molar-refractivity contribution in [2.45, 2.75) is 6.54 Å². The van der Waals surface area contributed by atoms with E-state index < -0.39 is 5.82 Å². The predicted molar refractivity (Wildman–Crippen MR) is 60.8 cm³/mol. The maximum atomic E-state index is 13.1. The summed E-state index contributed by atoms with van der Waals surface area (Å²) in [6.45, 7) is 0.544. The lowest BCUT2D eigenvalue weighted by Gasteiger charge is -2.06. The van der Waals surface area contributed by atoms with E-state index in [9.17, 15) is 4.39 Å². The van der Waals surface area contributed by atoms with Crippen molar-refractivity contribution >= 4 is 17.3 Å². The average Bonchev–Trinajstić information content (AvgIpc) is 2.32. The van der Waals surface area contributed by atoms with Crippen LogP contribution in [0.5, 0.6) is 0 Å². The lowest BCUT2D eigenvalue weighted by atomic mass is 10.3. The van der Waals surface area contributed by atoms with Crippen molar-refractivity contribution in [2.75, 3.05) is 5.32 Å². The zero-order valence-electron chi connectivity index (χ0n) is 8.32. The van der Waals surface area contributed by atoms with E-state index in [1.165, 1.54) is 18.5 Å². The molecule has 2 aromatic rings. The molecular formula is C11H9ClFN3. The van der Waals surface area contributed by atoms with Crippen LogP contribution >= 0.6 is 11.6 Å². The summed E-state index contributed by atoms with van der Waals surface area (Å²) in [5, 5.41) is 3.17. The molecule has 0 spiro atoms. The molecule has 3 nitrogen and oxygen atoms in total. The van der Waals surface area contributed by atoms with Gasteiger partial charge in [-0.2, -0.15) is 0 Å². The Hall–Kier alpha value is -1.68. The Morgan fingerprint density at radius 2 is 2.00 bits per heavy atom. The van der Waals surface area contributed by atoms with Crippen LogP contribution < -0.4 is 5.32 Å². The van der Waals surface area contributed by atoms with Gasteiger partial charge in [0.15, 0.2) is 0 Å². The molecule has 0 atom stereocenters. The molecule has 0 saturated carbocycles. The van der Waals surface area contributed by atoms with E-state index in [0.717, 1.165) is 5.56 Å². The fraction of sp³-hybridized carbons (Fsp3) is 0.0909. The minimum absolute atomic E-state index is 0.119. The Balaban J connectivity index is 2.03. The number of hydrogen-bond acceptors (Lipinski definition) is 3. The highest BCUT2D eigenvalue weighted by molar-refractivity contribution is 6.30. The molecule has 0 saturated heterocycles. The first-order chi connectivity index (χ1) is 7.75. The molecule has 0 unspecified atom stereocenters. The molecule has 0 amide bonds. The monoisotopic (exact) mass is 237 g/mol. The number of nitrogens with one attached hydrogen (secondary N) is 1. The molecule has 0 aliphatic rings. The van der Waals surface area contributed by atoms with Crippen molar-refractivity contribution < 1.29 is 4.39 Å². The van der Waals surface area contributed by atoms with Gasteiger partial charge in [0.25, 0.3) is 0 Å². The van der Waals surface area contributed by atoms with Crippen LogP contribution in [0.3, 0.4) is 0 Å². The summed E-state index contributed by atoms with van der Waals surface area (Å²) in [6, 6.07) is 4.59. The predicted octanol–water partition coefficient (Wildman–Crippen LogP) is 2.88. The molecule has 1 aromatic carbocycles. The first kappa shape index (κ1) is 10.8. The molecule has 0 aliphatic heterocycles. The number of halogens is 2. The van der Waals surface area contributed by atoms with Gasteiger partial charge in [0.1, 0.15) is 12.1 Å². The highest BCUT2D eigenvalue weighted by Gasteiger charge is 2.00. The quantitative estimate of drug-likeness (QED) is 0.892. The van der Waals surface area contributed by atoms with Crippen molar-refractivity contribution in [3.63, 3.8) is 0 Å². The maximum absolute atomic E-state index is 13.1. The molecule has 1 N–H and O–H groups in total. The zero-order chi connectivity index (χ0) is 11.4. The van der Waals surface area contributed by atoms with E-state index in [1.54, 1.807) is 18.5 Å². The second kappa shape index (κ2) is 4.90. The molecule has 0 bridgehead atoms. The van der Waals surface area contributed by atoms with Gasteiger partial charge in [-0.05, 0) is 18.2 Å². The molecule has 0 aliphatic carbocycles. The van der Waals surface area contributed by atoms with E-state index in [0.29, 0.717) is 12.2 Å². The van der Waals surface area contributed by atoms with Crippen molar-refractivity contribution in [1.82, 2.24) is 9.97 Å². The standard InChI is InChI=1S/C11H9ClFN3/c12-10-2-1-9(3-11(10)13)16-6-8-4-14-7-15-5-8/h1-5,7,16H,6H2. The normalized spacial score (nSPS) is 10.1. The first-order valence-electron chi connectivity index (χ1n) is 4.68. The van der Waals surface area contributed by atoms with E-state index in [4.69, 9.17) is 11.6 Å². The number of anilines is 1. The first-order valence-corrected chi connectivity index (χ1v) is 5.06. The van der Waals surface area contributed by atoms with Crippen LogP contribution in [0.25, 0.3) is 0 Å². The summed E-state index contributed by atoms with van der Waals surface area (Å²) >= 11 is 5.58. The number of nitrogens with zero attached hydrogens (tertiary/aromatic N) is 2. The topological polar surface area (TPSA) is 37.8 Å². The molecule has 1 aromatic heterocycles. The molecule has 16 heavy (non-hydrogen) atoms. The molecule has 2 rings (SSSR count). The lowest BCUT2D eigenvalue weighted by molar-refractivity contribution is 0.628. The molecule has 82 valence electrons. The smallest absolute Gasteiger partial charge is 0.143 e. The van der Waals surface area contributed by atoms with Gasteiger partial charge in [-0.25, -0.2) is 14.4 Å². The summed E-state index contributed by atoms with van der Waals surface area (Å²) in [5.74, 6) is -0.434. The van der Waals surface area contributed by atoms with E-state index in [-0.39, 0.29) is 5.02 Å². The van der Waals surface area contributed by atoms with Gasteiger partial charge in [-0.3, -0.25) is 0 Å². The number of hydrogen-bond donors (Lipinski definition) is 1. The SMILES string of the molecule is Fc1cc(NCc2cncnc2)ccc1Cl. The number of benzene rings is 1. The van der Waals surface area contributed by atoms with Crippen molar-refractivity contribution in [3.8, 4) is 0 Å². The zero-order valence-corrected chi connectivity index (χ0v) is 9.08. The summed E-state index contributed by atoms with van der Waals surface area (Å²) in [6.07, 6.45) is 4.87. The van der Waals surface area contributed by atoms with Crippen LogP contribution in [0.15, 0.2) is 36.9 Å². The Labute approximate surface area is 97.3 Å². The summed E-state index contributed by atoms with van der Waals surface area (Å²) < 4.78 is 13.1. The Bertz CT molecular complexity index is 476. The Morgan fingerprint density at radius 1 is 1.25 bits per heavy atom. The molecular weight excluding hydrogens is 229 g/mol. The van der Waals surface area contributed by atoms with Crippen LogP contribution in [-0.4, -0.2) is 9.97 Å². The largest absolute Gasteiger partial charge is 0.381 e. The van der Waals surface area contributed by atoms with E-state index in [1.807, 2.05) is 0 Å². The molecule has 5 heteroatoms. The van der Waals surface area contributed by atoms with Gasteiger partial charge in [-0.15, -0.1) is 0 Å². The second-order valence-corrected chi connectivity index (χ2v) is 3.64. The Kier molecular flexibility index (Phi) is 3.31. The fourth-order valence-electron chi connectivity index (χ4n) is 1.23. The highest BCUT2D eigenvalue weighted by atomic mass is 35.5. The van der Waals surface area contributed by atoms with Gasteiger partial charge in [0.05, 0.1) is 5.02 Å². The molecule has 0 fully saturated rings. The Morgan fingerprint density at radius 3 is 2.69 bits per heavy atom. The molecule has 0 radical (unpaired) electrons. The van der Waals surface area contributed by atoms with E-state index >= 15 is 0 Å². The fourth-order valence-corrected chi connectivity index (χ4v) is 1.35. The van der Waals surface area contributed by atoms with Crippen molar-refractivity contribution in [3.05, 3.63) is 53.3 Å². The summed E-state index contributed by atoms with van der Waals surface area (Å²) in [4.78, 5) is 7.76. The van der Waals surface area contributed by atoms with Crippen LogP contribution in [0.2, 0.25) is 5.02 Å². The number of aromatic nitrogens is 2. The third-order valence-electron chi connectivity index (χ3n) is 2.03. The summed E-state index contributed by atoms with van der Waals surface area (Å²) in [7, 11) is 0. The second-order valence-electron chi connectivity index (χ2n) is 3.23. The average molecular weight is 238 g/mol. The van der Waals surface area contributed by atoms with Gasteiger partial charge in [-0.1, -0.05) is 11.6 Å². The summed E-state index contributed by atoms with van der Waals surface area (Å²) in [5.41, 5.74) is 1.60. The van der Waals surface area contributed by atoms with Gasteiger partial charge in [0, 0.05) is 30.2 Å². The van der Waals surface area contributed by atoms with Crippen LogP contribution in [-0.2, 0) is 6.54 Å². The van der Waals surface area contributed by atoms with Crippen LogP contribution in [0.1, 0.15) is 5.56 Å². The third kappa shape index (κ3) is 2.67. The lowest BCUT2D eigenvalue weighted by Crippen LogP contribution is -2.00. The minimum Gasteiger partial charge on any atom is -0.381 e.